The lowest BCUT2D eigenvalue weighted by molar-refractivity contribution is -0.143. The largest absolute Gasteiger partial charge is 0.497 e. The van der Waals surface area contributed by atoms with Crippen LogP contribution < -0.4 is 4.74 Å². The third-order valence-electron chi connectivity index (χ3n) is 4.75. The first-order chi connectivity index (χ1) is 14.1. The fraction of sp³-hybridized carbons (Fsp3) is 0.250. The van der Waals surface area contributed by atoms with E-state index in [1.165, 1.54) is 0 Å². The van der Waals surface area contributed by atoms with Crippen molar-refractivity contribution in [3.63, 3.8) is 0 Å². The fourth-order valence-electron chi connectivity index (χ4n) is 3.32. The second kappa shape index (κ2) is 9.40. The highest BCUT2D eigenvalue weighted by Gasteiger charge is 2.18. The highest BCUT2D eigenvalue weighted by Crippen LogP contribution is 2.41. The van der Waals surface area contributed by atoms with Gasteiger partial charge in [-0.3, -0.25) is 4.79 Å². The first kappa shape index (κ1) is 20.6. The minimum absolute atomic E-state index is 0.186. The molecule has 3 aromatic rings. The highest BCUT2D eigenvalue weighted by molar-refractivity contribution is 7.11. The van der Waals surface area contributed by atoms with E-state index in [4.69, 9.17) is 9.47 Å². The fourth-order valence-corrected chi connectivity index (χ4v) is 4.39. The van der Waals surface area contributed by atoms with Gasteiger partial charge < -0.3 is 9.47 Å². The molecule has 29 heavy (non-hydrogen) atoms. The molecule has 3 rings (SSSR count). The van der Waals surface area contributed by atoms with Crippen LogP contribution >= 0.6 is 11.3 Å². The number of thiophene rings is 1. The van der Waals surface area contributed by atoms with Gasteiger partial charge in [0.1, 0.15) is 5.75 Å². The molecule has 0 aliphatic carbocycles. The van der Waals surface area contributed by atoms with Crippen LogP contribution in [-0.4, -0.2) is 19.7 Å². The zero-order valence-electron chi connectivity index (χ0n) is 16.8. The molecule has 5 heteroatoms. The average molecular weight is 406 g/mol. The van der Waals surface area contributed by atoms with E-state index in [-0.39, 0.29) is 5.97 Å². The summed E-state index contributed by atoms with van der Waals surface area (Å²) in [4.78, 5) is 13.0. The molecule has 0 saturated heterocycles. The minimum Gasteiger partial charge on any atom is -0.497 e. The number of nitrogens with zero attached hydrogens (tertiary/aromatic N) is 1. The summed E-state index contributed by atoms with van der Waals surface area (Å²) in [5, 5.41) is 11.3. The van der Waals surface area contributed by atoms with Gasteiger partial charge in [-0.2, -0.15) is 5.26 Å². The topological polar surface area (TPSA) is 59.3 Å². The van der Waals surface area contributed by atoms with Gasteiger partial charge in [-0.25, -0.2) is 0 Å². The number of benzene rings is 2. The number of hydrogen-bond acceptors (Lipinski definition) is 5. The number of esters is 1. The Hall–Kier alpha value is -3.10. The van der Waals surface area contributed by atoms with Gasteiger partial charge in [0.05, 0.1) is 31.8 Å². The van der Waals surface area contributed by atoms with Crippen LogP contribution in [0.1, 0.15) is 29.3 Å². The zero-order chi connectivity index (χ0) is 20.8. The molecule has 4 nitrogen and oxygen atoms in total. The Bertz CT molecular complexity index is 1040. The van der Waals surface area contributed by atoms with E-state index >= 15 is 0 Å². The lowest BCUT2D eigenvalue weighted by atomic mass is 9.92. The van der Waals surface area contributed by atoms with E-state index in [2.05, 4.69) is 11.4 Å². The first-order valence-corrected chi connectivity index (χ1v) is 10.4. The number of carbonyl (C=O) groups is 1. The summed E-state index contributed by atoms with van der Waals surface area (Å²) in [6.07, 6.45) is 0.965. The molecule has 0 spiro atoms. The van der Waals surface area contributed by atoms with Crippen molar-refractivity contribution >= 4 is 17.3 Å². The van der Waals surface area contributed by atoms with Crippen molar-refractivity contribution in [2.75, 3.05) is 13.7 Å². The van der Waals surface area contributed by atoms with Crippen LogP contribution in [0.15, 0.2) is 47.8 Å². The summed E-state index contributed by atoms with van der Waals surface area (Å²) >= 11 is 1.65. The molecule has 0 bridgehead atoms. The van der Waals surface area contributed by atoms with Gasteiger partial charge >= 0.3 is 5.97 Å². The lowest BCUT2D eigenvalue weighted by Gasteiger charge is -2.12. The summed E-state index contributed by atoms with van der Waals surface area (Å²) in [5.41, 5.74) is 6.07. The minimum atomic E-state index is -0.186. The molecule has 1 aromatic heterocycles. The molecule has 0 fully saturated rings. The van der Waals surface area contributed by atoms with Crippen LogP contribution in [0.25, 0.3) is 22.3 Å². The Morgan fingerprint density at radius 2 is 1.90 bits per heavy atom. The number of hydrogen-bond donors (Lipinski definition) is 0. The van der Waals surface area contributed by atoms with E-state index in [0.717, 1.165) is 38.4 Å². The third-order valence-corrected chi connectivity index (χ3v) is 5.80. The number of methoxy groups -OCH3 is 1. The lowest BCUT2D eigenvalue weighted by Crippen LogP contribution is -2.05. The van der Waals surface area contributed by atoms with Gasteiger partial charge in [-0.15, -0.1) is 11.3 Å². The predicted octanol–water partition coefficient (Wildman–Crippen LogP) is 5.77. The Balaban J connectivity index is 2.07. The normalized spacial score (nSPS) is 10.4. The number of nitriles is 1. The van der Waals surface area contributed by atoms with Gasteiger partial charge in [-0.1, -0.05) is 18.2 Å². The number of carbonyl (C=O) groups excluding carboxylic acids is 1. The third kappa shape index (κ3) is 4.67. The zero-order valence-corrected chi connectivity index (χ0v) is 17.6. The van der Waals surface area contributed by atoms with Crippen molar-refractivity contribution in [2.45, 2.75) is 26.7 Å². The molecule has 0 atom stereocenters. The smallest absolute Gasteiger partial charge is 0.306 e. The molecule has 0 aliphatic rings. The molecular formula is C24H23NO3S. The molecular weight excluding hydrogens is 382 g/mol. The Morgan fingerprint density at radius 3 is 2.52 bits per heavy atom. The van der Waals surface area contributed by atoms with Gasteiger partial charge in [0.2, 0.25) is 0 Å². The van der Waals surface area contributed by atoms with Gasteiger partial charge in [0.25, 0.3) is 0 Å². The van der Waals surface area contributed by atoms with Crippen molar-refractivity contribution in [3.05, 3.63) is 63.8 Å². The summed E-state index contributed by atoms with van der Waals surface area (Å²) in [6.45, 7) is 4.22. The van der Waals surface area contributed by atoms with Crippen molar-refractivity contribution < 1.29 is 14.3 Å². The number of ether oxygens (including phenoxy) is 2. The molecule has 0 saturated carbocycles. The predicted molar refractivity (Wildman–Crippen MR) is 116 cm³/mol. The summed E-state index contributed by atoms with van der Waals surface area (Å²) < 4.78 is 10.4. The second-order valence-electron chi connectivity index (χ2n) is 6.62. The molecule has 148 valence electrons. The maximum Gasteiger partial charge on any atom is 0.306 e. The van der Waals surface area contributed by atoms with E-state index < -0.39 is 0 Å². The van der Waals surface area contributed by atoms with Gasteiger partial charge in [-0.05, 0) is 66.6 Å². The van der Waals surface area contributed by atoms with Crippen LogP contribution in [0.3, 0.4) is 0 Å². The van der Waals surface area contributed by atoms with Crippen molar-refractivity contribution in [1.29, 1.82) is 5.26 Å². The monoisotopic (exact) mass is 405 g/mol. The molecule has 0 N–H and O–H groups in total. The SMILES string of the molecule is CCOC(=O)CCc1scc(-c2ccc(OC)cc2)c1-c1ccc(C#N)cc1C. The van der Waals surface area contributed by atoms with Crippen LogP contribution in [0.4, 0.5) is 0 Å². The van der Waals surface area contributed by atoms with Crippen LogP contribution in [0.5, 0.6) is 5.75 Å². The maximum atomic E-state index is 11.9. The van der Waals surface area contributed by atoms with E-state index in [0.29, 0.717) is 25.0 Å². The Labute approximate surface area is 175 Å². The quantitative estimate of drug-likeness (QED) is 0.469. The Morgan fingerprint density at radius 1 is 1.14 bits per heavy atom. The molecule has 2 aromatic carbocycles. The van der Waals surface area contributed by atoms with Crippen LogP contribution in [-0.2, 0) is 16.0 Å². The summed E-state index contributed by atoms with van der Waals surface area (Å²) in [5.74, 6) is 0.622. The molecule has 1 heterocycles. The first-order valence-electron chi connectivity index (χ1n) is 9.49. The molecule has 0 aliphatic heterocycles. The number of rotatable bonds is 7. The van der Waals surface area contributed by atoms with Crippen LogP contribution in [0.2, 0.25) is 0 Å². The van der Waals surface area contributed by atoms with Crippen molar-refractivity contribution in [1.82, 2.24) is 0 Å². The average Bonchev–Trinajstić information content (AvgIpc) is 3.16. The Kier molecular flexibility index (Phi) is 6.69. The summed E-state index contributed by atoms with van der Waals surface area (Å²) in [6, 6.07) is 15.9. The molecule has 0 unspecified atom stereocenters. The number of aryl methyl sites for hydroxylation is 2. The second-order valence-corrected chi connectivity index (χ2v) is 7.59. The maximum absolute atomic E-state index is 11.9. The van der Waals surface area contributed by atoms with E-state index in [1.807, 2.05) is 56.3 Å². The van der Waals surface area contributed by atoms with Gasteiger partial charge in [0.15, 0.2) is 0 Å². The standard InChI is InChI=1S/C24H23NO3S/c1-4-28-23(26)12-11-22-24(20-10-5-17(14-25)13-16(20)2)21(15-29-22)18-6-8-19(27-3)9-7-18/h5-10,13,15H,4,11-12H2,1-3H3. The molecule has 0 amide bonds. The van der Waals surface area contributed by atoms with E-state index in [9.17, 15) is 10.1 Å². The van der Waals surface area contributed by atoms with E-state index in [1.54, 1.807) is 18.4 Å². The summed E-state index contributed by atoms with van der Waals surface area (Å²) in [7, 11) is 1.65. The van der Waals surface area contributed by atoms with Crippen molar-refractivity contribution in [2.24, 2.45) is 0 Å². The highest BCUT2D eigenvalue weighted by atomic mass is 32.1. The molecule has 0 radical (unpaired) electrons. The van der Waals surface area contributed by atoms with Crippen LogP contribution in [0, 0.1) is 18.3 Å². The van der Waals surface area contributed by atoms with Crippen molar-refractivity contribution in [3.8, 4) is 34.1 Å². The van der Waals surface area contributed by atoms with Gasteiger partial charge in [0, 0.05) is 16.0 Å².